The molecule has 1 amide bonds. The van der Waals surface area contributed by atoms with E-state index in [9.17, 15) is 13.2 Å². The molecular weight excluding hydrogens is 242 g/mol. The van der Waals surface area contributed by atoms with Gasteiger partial charge in [0.15, 0.2) is 9.84 Å². The van der Waals surface area contributed by atoms with Crippen LogP contribution in [0.5, 0.6) is 5.75 Å². The highest BCUT2D eigenvalue weighted by molar-refractivity contribution is 7.91. The van der Waals surface area contributed by atoms with Gasteiger partial charge in [0.2, 0.25) is 0 Å². The minimum absolute atomic E-state index is 0.0246. The van der Waals surface area contributed by atoms with E-state index in [0.717, 1.165) is 0 Å². The lowest BCUT2D eigenvalue weighted by Crippen LogP contribution is -2.43. The average molecular weight is 255 g/mol. The largest absolute Gasteiger partial charge is 0.508 e. The summed E-state index contributed by atoms with van der Waals surface area (Å²) in [5.41, 5.74) is 0.460. The van der Waals surface area contributed by atoms with Gasteiger partial charge in [0, 0.05) is 18.7 Å². The summed E-state index contributed by atoms with van der Waals surface area (Å²) in [5, 5.41) is 9.11. The van der Waals surface area contributed by atoms with Crippen molar-refractivity contribution in [1.82, 2.24) is 4.90 Å². The fourth-order valence-electron chi connectivity index (χ4n) is 1.70. The summed E-state index contributed by atoms with van der Waals surface area (Å²) in [6, 6.07) is 5.93. The third kappa shape index (κ3) is 2.76. The molecule has 1 aromatic rings. The highest BCUT2D eigenvalue weighted by atomic mass is 32.2. The second-order valence-electron chi connectivity index (χ2n) is 3.99. The molecule has 0 aliphatic carbocycles. The molecule has 92 valence electrons. The van der Waals surface area contributed by atoms with E-state index in [2.05, 4.69) is 0 Å². The lowest BCUT2D eigenvalue weighted by atomic mass is 10.2. The van der Waals surface area contributed by atoms with Gasteiger partial charge in [-0.1, -0.05) is 0 Å². The number of nitrogens with zero attached hydrogens (tertiary/aromatic N) is 1. The van der Waals surface area contributed by atoms with E-state index in [0.29, 0.717) is 5.56 Å². The molecule has 1 aromatic carbocycles. The van der Waals surface area contributed by atoms with E-state index < -0.39 is 9.84 Å². The molecule has 1 aliphatic rings. The summed E-state index contributed by atoms with van der Waals surface area (Å²) < 4.78 is 22.5. The zero-order valence-electron chi connectivity index (χ0n) is 9.17. The fraction of sp³-hybridized carbons (Fsp3) is 0.364. The summed E-state index contributed by atoms with van der Waals surface area (Å²) >= 11 is 0. The molecule has 0 spiro atoms. The highest BCUT2D eigenvalue weighted by Crippen LogP contribution is 2.13. The summed E-state index contributed by atoms with van der Waals surface area (Å²) in [5.74, 6) is -0.0455. The standard InChI is InChI=1S/C11H13NO4S/c13-10-3-1-9(2-4-10)11(14)12-5-7-17(15,16)8-6-12/h1-4,13H,5-8H2. The second kappa shape index (κ2) is 4.37. The van der Waals surface area contributed by atoms with Gasteiger partial charge in [0.25, 0.3) is 5.91 Å². The lowest BCUT2D eigenvalue weighted by Gasteiger charge is -2.26. The molecule has 5 nitrogen and oxygen atoms in total. The van der Waals surface area contributed by atoms with Crippen LogP contribution in [0.2, 0.25) is 0 Å². The van der Waals surface area contributed by atoms with Crippen LogP contribution >= 0.6 is 0 Å². The molecule has 0 bridgehead atoms. The van der Waals surface area contributed by atoms with Crippen LogP contribution in [0, 0.1) is 0 Å². The van der Waals surface area contributed by atoms with Crippen LogP contribution in [0.15, 0.2) is 24.3 Å². The zero-order chi connectivity index (χ0) is 12.5. The number of carbonyl (C=O) groups is 1. The SMILES string of the molecule is O=C(c1ccc(O)cc1)N1CCS(=O)(=O)CC1. The van der Waals surface area contributed by atoms with Crippen molar-refractivity contribution in [2.45, 2.75) is 0 Å². The van der Waals surface area contributed by atoms with Crippen LogP contribution in [-0.4, -0.2) is 48.9 Å². The van der Waals surface area contributed by atoms with Crippen molar-refractivity contribution in [2.24, 2.45) is 0 Å². The number of sulfone groups is 1. The number of hydrogen-bond donors (Lipinski definition) is 1. The summed E-state index contributed by atoms with van der Waals surface area (Å²) in [6.07, 6.45) is 0. The van der Waals surface area contributed by atoms with Crippen molar-refractivity contribution in [1.29, 1.82) is 0 Å². The van der Waals surface area contributed by atoms with Crippen LogP contribution in [-0.2, 0) is 9.84 Å². The number of phenolic OH excluding ortho intramolecular Hbond substituents is 1. The third-order valence-corrected chi connectivity index (χ3v) is 4.36. The first-order valence-corrected chi connectivity index (χ1v) is 7.09. The minimum atomic E-state index is -2.97. The number of phenols is 1. The first-order chi connectivity index (χ1) is 7.98. The number of hydrogen-bond acceptors (Lipinski definition) is 4. The van der Waals surface area contributed by atoms with E-state index in [-0.39, 0.29) is 36.3 Å². The Labute approximate surface area is 99.6 Å². The second-order valence-corrected chi connectivity index (χ2v) is 6.29. The van der Waals surface area contributed by atoms with Crippen LogP contribution < -0.4 is 0 Å². The smallest absolute Gasteiger partial charge is 0.253 e. The van der Waals surface area contributed by atoms with E-state index in [1.165, 1.54) is 29.2 Å². The molecule has 2 rings (SSSR count). The number of aromatic hydroxyl groups is 1. The third-order valence-electron chi connectivity index (χ3n) is 2.75. The quantitative estimate of drug-likeness (QED) is 0.781. The van der Waals surface area contributed by atoms with Gasteiger partial charge in [-0.3, -0.25) is 4.79 Å². The van der Waals surface area contributed by atoms with Gasteiger partial charge in [0.05, 0.1) is 11.5 Å². The number of amides is 1. The van der Waals surface area contributed by atoms with E-state index in [4.69, 9.17) is 5.11 Å². The van der Waals surface area contributed by atoms with Gasteiger partial charge in [-0.15, -0.1) is 0 Å². The fourth-order valence-corrected chi connectivity index (χ4v) is 2.90. The maximum Gasteiger partial charge on any atom is 0.253 e. The zero-order valence-corrected chi connectivity index (χ0v) is 9.98. The van der Waals surface area contributed by atoms with Crippen molar-refractivity contribution < 1.29 is 18.3 Å². The highest BCUT2D eigenvalue weighted by Gasteiger charge is 2.25. The molecule has 1 N–H and O–H groups in total. The lowest BCUT2D eigenvalue weighted by molar-refractivity contribution is 0.0770. The molecule has 0 saturated carbocycles. The average Bonchev–Trinajstić information content (AvgIpc) is 2.29. The Morgan fingerprint density at radius 2 is 1.65 bits per heavy atom. The van der Waals surface area contributed by atoms with Crippen LogP contribution in [0.1, 0.15) is 10.4 Å². The van der Waals surface area contributed by atoms with Crippen molar-refractivity contribution >= 4 is 15.7 Å². The minimum Gasteiger partial charge on any atom is -0.508 e. The maximum absolute atomic E-state index is 12.0. The molecule has 0 radical (unpaired) electrons. The maximum atomic E-state index is 12.0. The van der Waals surface area contributed by atoms with Gasteiger partial charge >= 0.3 is 0 Å². The Kier molecular flexibility index (Phi) is 3.06. The summed E-state index contributed by atoms with van der Waals surface area (Å²) in [4.78, 5) is 13.5. The molecule has 1 heterocycles. The number of benzene rings is 1. The molecule has 6 heteroatoms. The Hall–Kier alpha value is -1.56. The number of carbonyl (C=O) groups excluding carboxylic acids is 1. The van der Waals surface area contributed by atoms with E-state index in [1.807, 2.05) is 0 Å². The van der Waals surface area contributed by atoms with E-state index in [1.54, 1.807) is 0 Å². The van der Waals surface area contributed by atoms with Crippen molar-refractivity contribution in [3.8, 4) is 5.75 Å². The van der Waals surface area contributed by atoms with Crippen molar-refractivity contribution in [3.05, 3.63) is 29.8 Å². The van der Waals surface area contributed by atoms with Crippen LogP contribution in [0.4, 0.5) is 0 Å². The molecule has 0 atom stereocenters. The van der Waals surface area contributed by atoms with Crippen molar-refractivity contribution in [3.63, 3.8) is 0 Å². The molecule has 1 saturated heterocycles. The first-order valence-electron chi connectivity index (χ1n) is 5.27. The molecule has 17 heavy (non-hydrogen) atoms. The predicted octanol–water partition coefficient (Wildman–Crippen LogP) is 0.263. The normalized spacial score (nSPS) is 18.9. The molecule has 1 aliphatic heterocycles. The van der Waals surface area contributed by atoms with Crippen LogP contribution in [0.25, 0.3) is 0 Å². The Morgan fingerprint density at radius 3 is 2.18 bits per heavy atom. The van der Waals surface area contributed by atoms with Crippen LogP contribution in [0.3, 0.4) is 0 Å². The molecule has 0 unspecified atom stereocenters. The topological polar surface area (TPSA) is 74.7 Å². The van der Waals surface area contributed by atoms with Gasteiger partial charge < -0.3 is 10.0 Å². The first kappa shape index (κ1) is 11.9. The Bertz CT molecular complexity index is 507. The van der Waals surface area contributed by atoms with Gasteiger partial charge in [0.1, 0.15) is 5.75 Å². The molecular formula is C11H13NO4S. The van der Waals surface area contributed by atoms with Crippen molar-refractivity contribution in [2.75, 3.05) is 24.6 Å². The monoisotopic (exact) mass is 255 g/mol. The Morgan fingerprint density at radius 1 is 1.12 bits per heavy atom. The van der Waals surface area contributed by atoms with E-state index >= 15 is 0 Å². The Balaban J connectivity index is 2.09. The number of rotatable bonds is 1. The van der Waals surface area contributed by atoms with Gasteiger partial charge in [-0.05, 0) is 24.3 Å². The summed E-state index contributed by atoms with van der Waals surface area (Å²) in [6.45, 7) is 0.476. The van der Waals surface area contributed by atoms with Gasteiger partial charge in [-0.25, -0.2) is 8.42 Å². The predicted molar refractivity (Wildman–Crippen MR) is 62.7 cm³/mol. The summed E-state index contributed by atoms with van der Waals surface area (Å²) in [7, 11) is -2.97. The van der Waals surface area contributed by atoms with Gasteiger partial charge in [-0.2, -0.15) is 0 Å². The molecule has 0 aromatic heterocycles. The molecule has 1 fully saturated rings.